The molecule has 0 aliphatic heterocycles. The number of hydrogen-bond donors (Lipinski definition) is 1. The van der Waals surface area contributed by atoms with Gasteiger partial charge in [0.05, 0.1) is 6.61 Å². The third kappa shape index (κ3) is 4.04. The van der Waals surface area contributed by atoms with E-state index >= 15 is 0 Å². The Morgan fingerprint density at radius 3 is 2.72 bits per heavy atom. The normalized spacial score (nSPS) is 10.2. The zero-order valence-corrected chi connectivity index (χ0v) is 11.3. The first kappa shape index (κ1) is 14.5. The van der Waals surface area contributed by atoms with Crippen molar-refractivity contribution in [1.82, 2.24) is 4.90 Å². The van der Waals surface area contributed by atoms with Crippen LogP contribution >= 0.6 is 0 Å². The molecule has 1 N–H and O–H groups in total. The molecular weight excluding hydrogens is 230 g/mol. The summed E-state index contributed by atoms with van der Waals surface area (Å²) >= 11 is 0. The number of carbonyl (C=O) groups is 1. The number of amides is 1. The van der Waals surface area contributed by atoms with Gasteiger partial charge in [0.2, 0.25) is 0 Å². The molecule has 0 bridgehead atoms. The smallest absolute Gasteiger partial charge is 0.260 e. The topological polar surface area (TPSA) is 49.8 Å². The number of aliphatic hydroxyl groups excluding tert-OH is 1. The molecule has 18 heavy (non-hydrogen) atoms. The van der Waals surface area contributed by atoms with Gasteiger partial charge in [0, 0.05) is 13.1 Å². The quantitative estimate of drug-likeness (QED) is 0.834. The molecule has 0 fully saturated rings. The highest BCUT2D eigenvalue weighted by Gasteiger charge is 2.12. The van der Waals surface area contributed by atoms with Crippen LogP contribution in [0.25, 0.3) is 0 Å². The summed E-state index contributed by atoms with van der Waals surface area (Å²) in [6.45, 7) is 6.73. The zero-order chi connectivity index (χ0) is 13.5. The molecule has 0 spiro atoms. The van der Waals surface area contributed by atoms with E-state index in [-0.39, 0.29) is 19.1 Å². The number of ether oxygens (including phenoxy) is 1. The van der Waals surface area contributed by atoms with E-state index in [9.17, 15) is 4.79 Å². The van der Waals surface area contributed by atoms with E-state index in [0.29, 0.717) is 13.1 Å². The summed E-state index contributed by atoms with van der Waals surface area (Å²) in [5.41, 5.74) is 2.12. The van der Waals surface area contributed by atoms with Gasteiger partial charge in [0.25, 0.3) is 5.91 Å². The van der Waals surface area contributed by atoms with Crippen LogP contribution in [0, 0.1) is 13.8 Å². The van der Waals surface area contributed by atoms with Gasteiger partial charge in [-0.15, -0.1) is 0 Å². The van der Waals surface area contributed by atoms with Crippen LogP contribution in [0.3, 0.4) is 0 Å². The third-order valence-electron chi connectivity index (χ3n) is 2.80. The van der Waals surface area contributed by atoms with Crippen LogP contribution in [-0.4, -0.2) is 42.2 Å². The number of hydrogen-bond acceptors (Lipinski definition) is 3. The minimum absolute atomic E-state index is 0.0120. The van der Waals surface area contributed by atoms with Gasteiger partial charge in [0.15, 0.2) is 6.61 Å². The van der Waals surface area contributed by atoms with E-state index in [1.807, 2.05) is 39.0 Å². The maximum atomic E-state index is 11.8. The molecule has 1 aromatic carbocycles. The predicted octanol–water partition coefficient (Wildman–Crippen LogP) is 1.52. The number of aryl methyl sites for hydroxylation is 2. The molecule has 1 amide bonds. The molecule has 0 aliphatic carbocycles. The second-order valence-corrected chi connectivity index (χ2v) is 4.25. The van der Waals surface area contributed by atoms with Gasteiger partial charge in [-0.25, -0.2) is 0 Å². The number of nitrogens with zero attached hydrogens (tertiary/aromatic N) is 1. The Morgan fingerprint density at radius 1 is 1.39 bits per heavy atom. The second kappa shape index (κ2) is 7.01. The first-order chi connectivity index (χ1) is 8.58. The number of rotatable bonds is 6. The van der Waals surface area contributed by atoms with E-state index in [1.54, 1.807) is 4.90 Å². The number of benzene rings is 1. The Labute approximate surface area is 108 Å². The van der Waals surface area contributed by atoms with Crippen molar-refractivity contribution in [2.45, 2.75) is 20.8 Å². The van der Waals surface area contributed by atoms with E-state index in [0.717, 1.165) is 16.9 Å². The monoisotopic (exact) mass is 251 g/mol. The summed E-state index contributed by atoms with van der Waals surface area (Å²) in [5.74, 6) is 0.635. The Morgan fingerprint density at radius 2 is 2.11 bits per heavy atom. The standard InChI is InChI=1S/C14H21NO3/c1-4-15(7-8-16)14(17)10-18-13-9-11(2)5-6-12(13)3/h5-6,9,16H,4,7-8,10H2,1-3H3. The average molecular weight is 251 g/mol. The molecule has 0 atom stereocenters. The van der Waals surface area contributed by atoms with Gasteiger partial charge < -0.3 is 14.7 Å². The highest BCUT2D eigenvalue weighted by atomic mass is 16.5. The van der Waals surface area contributed by atoms with Crippen LogP contribution in [0.2, 0.25) is 0 Å². The van der Waals surface area contributed by atoms with Gasteiger partial charge >= 0.3 is 0 Å². The van der Waals surface area contributed by atoms with Crippen LogP contribution in [0.4, 0.5) is 0 Å². The SMILES string of the molecule is CCN(CCO)C(=O)COc1cc(C)ccc1C. The summed E-state index contributed by atoms with van der Waals surface area (Å²) in [6.07, 6.45) is 0. The first-order valence-corrected chi connectivity index (χ1v) is 6.17. The molecular formula is C14H21NO3. The van der Waals surface area contributed by atoms with Crippen LogP contribution < -0.4 is 4.74 Å². The molecule has 0 radical (unpaired) electrons. The van der Waals surface area contributed by atoms with Crippen molar-refractivity contribution in [2.75, 3.05) is 26.3 Å². The van der Waals surface area contributed by atoms with E-state index in [1.165, 1.54) is 0 Å². The van der Waals surface area contributed by atoms with Crippen molar-refractivity contribution in [2.24, 2.45) is 0 Å². The maximum absolute atomic E-state index is 11.8. The molecule has 0 saturated carbocycles. The minimum Gasteiger partial charge on any atom is -0.483 e. The molecule has 1 rings (SSSR count). The van der Waals surface area contributed by atoms with Crippen molar-refractivity contribution in [3.8, 4) is 5.75 Å². The predicted molar refractivity (Wildman–Crippen MR) is 70.8 cm³/mol. The lowest BCUT2D eigenvalue weighted by atomic mass is 10.1. The Bertz CT molecular complexity index is 404. The van der Waals surface area contributed by atoms with Crippen molar-refractivity contribution in [1.29, 1.82) is 0 Å². The highest BCUT2D eigenvalue weighted by Crippen LogP contribution is 2.18. The van der Waals surface area contributed by atoms with E-state index in [4.69, 9.17) is 9.84 Å². The molecule has 0 heterocycles. The van der Waals surface area contributed by atoms with Crippen LogP contribution in [0.15, 0.2) is 18.2 Å². The van der Waals surface area contributed by atoms with Crippen molar-refractivity contribution < 1.29 is 14.6 Å². The van der Waals surface area contributed by atoms with Gasteiger partial charge in [-0.2, -0.15) is 0 Å². The Hall–Kier alpha value is -1.55. The minimum atomic E-state index is -0.104. The van der Waals surface area contributed by atoms with Crippen molar-refractivity contribution in [3.05, 3.63) is 29.3 Å². The van der Waals surface area contributed by atoms with Crippen LogP contribution in [0.5, 0.6) is 5.75 Å². The molecule has 0 saturated heterocycles. The first-order valence-electron chi connectivity index (χ1n) is 6.17. The van der Waals surface area contributed by atoms with Gasteiger partial charge in [0.1, 0.15) is 5.75 Å². The lowest BCUT2D eigenvalue weighted by Gasteiger charge is -2.20. The Kier molecular flexibility index (Phi) is 5.65. The molecule has 100 valence electrons. The highest BCUT2D eigenvalue weighted by molar-refractivity contribution is 5.77. The summed E-state index contributed by atoms with van der Waals surface area (Å²) in [7, 11) is 0. The fourth-order valence-corrected chi connectivity index (χ4v) is 1.67. The molecule has 4 nitrogen and oxygen atoms in total. The van der Waals surface area contributed by atoms with Gasteiger partial charge in [-0.05, 0) is 38.0 Å². The van der Waals surface area contributed by atoms with Gasteiger partial charge in [-0.3, -0.25) is 4.79 Å². The average Bonchev–Trinajstić information content (AvgIpc) is 2.36. The Balaban J connectivity index is 2.58. The summed E-state index contributed by atoms with van der Waals surface area (Å²) in [4.78, 5) is 13.4. The number of likely N-dealkylation sites (N-methyl/N-ethyl adjacent to an activating group) is 1. The number of carbonyl (C=O) groups excluding carboxylic acids is 1. The largest absolute Gasteiger partial charge is 0.483 e. The van der Waals surface area contributed by atoms with E-state index < -0.39 is 0 Å². The lowest BCUT2D eigenvalue weighted by molar-refractivity contribution is -0.133. The molecule has 4 heteroatoms. The lowest BCUT2D eigenvalue weighted by Crippen LogP contribution is -2.36. The fourth-order valence-electron chi connectivity index (χ4n) is 1.67. The zero-order valence-electron chi connectivity index (χ0n) is 11.3. The van der Waals surface area contributed by atoms with E-state index in [2.05, 4.69) is 0 Å². The molecule has 0 unspecified atom stereocenters. The van der Waals surface area contributed by atoms with Gasteiger partial charge in [-0.1, -0.05) is 12.1 Å². The van der Waals surface area contributed by atoms with Crippen LogP contribution in [-0.2, 0) is 4.79 Å². The van der Waals surface area contributed by atoms with Crippen molar-refractivity contribution >= 4 is 5.91 Å². The fraction of sp³-hybridized carbons (Fsp3) is 0.500. The van der Waals surface area contributed by atoms with Crippen molar-refractivity contribution in [3.63, 3.8) is 0 Å². The van der Waals surface area contributed by atoms with Crippen LogP contribution in [0.1, 0.15) is 18.1 Å². The summed E-state index contributed by atoms with van der Waals surface area (Å²) in [5, 5.41) is 8.85. The molecule has 0 aromatic heterocycles. The summed E-state index contributed by atoms with van der Waals surface area (Å²) < 4.78 is 5.54. The summed E-state index contributed by atoms with van der Waals surface area (Å²) in [6, 6.07) is 5.90. The second-order valence-electron chi connectivity index (χ2n) is 4.25. The molecule has 1 aromatic rings. The third-order valence-corrected chi connectivity index (χ3v) is 2.80. The number of aliphatic hydroxyl groups is 1. The molecule has 0 aliphatic rings. The maximum Gasteiger partial charge on any atom is 0.260 e.